The van der Waals surface area contributed by atoms with Crippen LogP contribution in [0.3, 0.4) is 0 Å². The number of hydrogen-bond donors (Lipinski definition) is 1. The van der Waals surface area contributed by atoms with Gasteiger partial charge in [0.15, 0.2) is 0 Å². The summed E-state index contributed by atoms with van der Waals surface area (Å²) in [5.41, 5.74) is 3.72. The van der Waals surface area contributed by atoms with E-state index in [4.69, 9.17) is 4.74 Å². The maximum Gasteiger partial charge on any atom is 0.272 e. The van der Waals surface area contributed by atoms with Crippen molar-refractivity contribution in [1.82, 2.24) is 4.57 Å². The zero-order valence-corrected chi connectivity index (χ0v) is 17.3. The fourth-order valence-electron chi connectivity index (χ4n) is 3.11. The van der Waals surface area contributed by atoms with Gasteiger partial charge < -0.3 is 14.6 Å². The summed E-state index contributed by atoms with van der Waals surface area (Å²) >= 11 is 0. The van der Waals surface area contributed by atoms with Crippen LogP contribution in [0.15, 0.2) is 72.9 Å². The molecule has 0 spiro atoms. The van der Waals surface area contributed by atoms with Gasteiger partial charge in [0.2, 0.25) is 0 Å². The van der Waals surface area contributed by atoms with Gasteiger partial charge in [-0.1, -0.05) is 43.3 Å². The molecule has 1 N–H and O–H groups in total. The van der Waals surface area contributed by atoms with Crippen molar-refractivity contribution in [3.05, 3.63) is 89.8 Å². The standard InChI is InChI=1S/C25H28N2O2/c1-4-20-9-5-12-22(17-20)26-25(28)24-14-8-16-27(24)15-7-11-21-10-6-13-23(18-21)29-19(2)3/h5-14,16-19H,4,15H2,1-3H3,(H,26,28)/b11-7+. The van der Waals surface area contributed by atoms with Gasteiger partial charge in [0.25, 0.3) is 5.91 Å². The first-order chi connectivity index (χ1) is 14.0. The van der Waals surface area contributed by atoms with E-state index >= 15 is 0 Å². The Morgan fingerprint density at radius 1 is 1.10 bits per heavy atom. The van der Waals surface area contributed by atoms with E-state index in [9.17, 15) is 4.79 Å². The summed E-state index contributed by atoms with van der Waals surface area (Å²) in [7, 11) is 0. The first-order valence-electron chi connectivity index (χ1n) is 10.0. The molecule has 3 rings (SSSR count). The highest BCUT2D eigenvalue weighted by atomic mass is 16.5. The van der Waals surface area contributed by atoms with Crippen LogP contribution < -0.4 is 10.1 Å². The number of nitrogens with zero attached hydrogens (tertiary/aromatic N) is 1. The first-order valence-corrected chi connectivity index (χ1v) is 10.0. The molecule has 1 aromatic heterocycles. The zero-order chi connectivity index (χ0) is 20.6. The fourth-order valence-corrected chi connectivity index (χ4v) is 3.11. The van der Waals surface area contributed by atoms with Gasteiger partial charge in [-0.05, 0) is 67.8 Å². The monoisotopic (exact) mass is 388 g/mol. The first kappa shape index (κ1) is 20.5. The molecule has 0 radical (unpaired) electrons. The highest BCUT2D eigenvalue weighted by Gasteiger charge is 2.10. The summed E-state index contributed by atoms with van der Waals surface area (Å²) in [6, 6.07) is 19.7. The number of amides is 1. The predicted molar refractivity (Wildman–Crippen MR) is 119 cm³/mol. The SMILES string of the molecule is CCc1cccc(NC(=O)c2cccn2C/C=C/c2cccc(OC(C)C)c2)c1. The van der Waals surface area contributed by atoms with Crippen molar-refractivity contribution in [2.24, 2.45) is 0 Å². The molecular formula is C25H28N2O2. The number of aryl methyl sites for hydroxylation is 1. The second-order valence-corrected chi connectivity index (χ2v) is 7.20. The Morgan fingerprint density at radius 3 is 2.72 bits per heavy atom. The van der Waals surface area contributed by atoms with Crippen LogP contribution in [0.1, 0.15) is 42.4 Å². The predicted octanol–water partition coefficient (Wildman–Crippen LogP) is 5.80. The van der Waals surface area contributed by atoms with Crippen molar-refractivity contribution >= 4 is 17.7 Å². The largest absolute Gasteiger partial charge is 0.491 e. The van der Waals surface area contributed by atoms with Crippen LogP contribution in [-0.4, -0.2) is 16.6 Å². The third kappa shape index (κ3) is 5.85. The van der Waals surface area contributed by atoms with Gasteiger partial charge in [0.1, 0.15) is 11.4 Å². The van der Waals surface area contributed by atoms with Crippen LogP contribution in [-0.2, 0) is 13.0 Å². The average Bonchev–Trinajstić information content (AvgIpc) is 3.16. The molecule has 1 amide bonds. The minimum Gasteiger partial charge on any atom is -0.491 e. The smallest absolute Gasteiger partial charge is 0.272 e. The van der Waals surface area contributed by atoms with E-state index in [0.29, 0.717) is 12.2 Å². The Hall–Kier alpha value is -3.27. The minimum absolute atomic E-state index is 0.107. The zero-order valence-electron chi connectivity index (χ0n) is 17.3. The van der Waals surface area contributed by atoms with Crippen LogP contribution in [0.4, 0.5) is 5.69 Å². The van der Waals surface area contributed by atoms with Gasteiger partial charge in [-0.15, -0.1) is 0 Å². The van der Waals surface area contributed by atoms with Crippen molar-refractivity contribution in [2.45, 2.75) is 39.8 Å². The molecule has 0 saturated heterocycles. The van der Waals surface area contributed by atoms with Crippen LogP contribution in [0, 0.1) is 0 Å². The Kier molecular flexibility index (Phi) is 6.90. The molecule has 0 unspecified atom stereocenters. The number of ether oxygens (including phenoxy) is 1. The molecule has 0 aliphatic carbocycles. The number of carbonyl (C=O) groups is 1. The average molecular weight is 389 g/mol. The highest BCUT2D eigenvalue weighted by molar-refractivity contribution is 6.03. The van der Waals surface area contributed by atoms with Gasteiger partial charge in [-0.2, -0.15) is 0 Å². The van der Waals surface area contributed by atoms with E-state index in [1.54, 1.807) is 0 Å². The maximum absolute atomic E-state index is 12.7. The number of anilines is 1. The fraction of sp³-hybridized carbons (Fsp3) is 0.240. The van der Waals surface area contributed by atoms with Gasteiger partial charge >= 0.3 is 0 Å². The number of carbonyl (C=O) groups excluding carboxylic acids is 1. The van der Waals surface area contributed by atoms with E-state index in [-0.39, 0.29) is 12.0 Å². The van der Waals surface area contributed by atoms with Crippen LogP contribution >= 0.6 is 0 Å². The molecule has 4 nitrogen and oxygen atoms in total. The van der Waals surface area contributed by atoms with Crippen molar-refractivity contribution in [2.75, 3.05) is 5.32 Å². The van der Waals surface area contributed by atoms with Crippen molar-refractivity contribution in [3.63, 3.8) is 0 Å². The number of rotatable bonds is 8. The molecule has 0 aliphatic rings. The third-order valence-corrected chi connectivity index (χ3v) is 4.50. The molecule has 1 heterocycles. The molecule has 29 heavy (non-hydrogen) atoms. The molecule has 0 aliphatic heterocycles. The summed E-state index contributed by atoms with van der Waals surface area (Å²) in [4.78, 5) is 12.7. The van der Waals surface area contributed by atoms with E-state index < -0.39 is 0 Å². The quantitative estimate of drug-likeness (QED) is 0.530. The lowest BCUT2D eigenvalue weighted by atomic mass is 10.1. The van der Waals surface area contributed by atoms with Gasteiger partial charge in [0.05, 0.1) is 6.10 Å². The second kappa shape index (κ2) is 9.78. The molecular weight excluding hydrogens is 360 g/mol. The number of aromatic nitrogens is 1. The maximum atomic E-state index is 12.7. The van der Waals surface area contributed by atoms with Gasteiger partial charge in [0, 0.05) is 18.4 Å². The summed E-state index contributed by atoms with van der Waals surface area (Å²) < 4.78 is 7.67. The van der Waals surface area contributed by atoms with Crippen LogP contribution in [0.5, 0.6) is 5.75 Å². The van der Waals surface area contributed by atoms with Gasteiger partial charge in [-0.3, -0.25) is 4.79 Å². The molecule has 4 heteroatoms. The van der Waals surface area contributed by atoms with E-state index in [1.165, 1.54) is 5.56 Å². The van der Waals surface area contributed by atoms with Crippen molar-refractivity contribution in [3.8, 4) is 5.75 Å². The number of allylic oxidation sites excluding steroid dienone is 1. The Bertz CT molecular complexity index is 986. The summed E-state index contributed by atoms with van der Waals surface area (Å²) in [5.74, 6) is 0.751. The molecule has 0 fully saturated rings. The van der Waals surface area contributed by atoms with Crippen LogP contribution in [0.25, 0.3) is 6.08 Å². The Morgan fingerprint density at radius 2 is 1.93 bits per heavy atom. The number of hydrogen-bond acceptors (Lipinski definition) is 2. The molecule has 0 atom stereocenters. The normalized spacial score (nSPS) is 11.2. The Balaban J connectivity index is 1.65. The molecule has 0 saturated carbocycles. The molecule has 2 aromatic carbocycles. The molecule has 3 aromatic rings. The Labute approximate surface area is 172 Å². The lowest BCUT2D eigenvalue weighted by Crippen LogP contribution is -2.16. The van der Waals surface area contributed by atoms with Gasteiger partial charge in [-0.25, -0.2) is 0 Å². The topological polar surface area (TPSA) is 43.3 Å². The van der Waals surface area contributed by atoms with E-state index in [2.05, 4.69) is 18.3 Å². The molecule has 0 bridgehead atoms. The third-order valence-electron chi connectivity index (χ3n) is 4.50. The second-order valence-electron chi connectivity index (χ2n) is 7.20. The van der Waals surface area contributed by atoms with E-state index in [1.807, 2.05) is 91.4 Å². The minimum atomic E-state index is -0.107. The highest BCUT2D eigenvalue weighted by Crippen LogP contribution is 2.17. The summed E-state index contributed by atoms with van der Waals surface area (Å²) in [5, 5.41) is 2.99. The van der Waals surface area contributed by atoms with Crippen molar-refractivity contribution < 1.29 is 9.53 Å². The van der Waals surface area contributed by atoms with Crippen LogP contribution in [0.2, 0.25) is 0 Å². The number of nitrogens with one attached hydrogen (secondary N) is 1. The lowest BCUT2D eigenvalue weighted by Gasteiger charge is -2.10. The number of benzene rings is 2. The summed E-state index contributed by atoms with van der Waals surface area (Å²) in [6.07, 6.45) is 7.09. The van der Waals surface area contributed by atoms with E-state index in [0.717, 1.165) is 23.4 Å². The summed E-state index contributed by atoms with van der Waals surface area (Å²) in [6.45, 7) is 6.74. The lowest BCUT2D eigenvalue weighted by molar-refractivity contribution is 0.101. The molecule has 150 valence electrons. The van der Waals surface area contributed by atoms with Crippen molar-refractivity contribution in [1.29, 1.82) is 0 Å².